The average molecular weight is 302 g/mol. The summed E-state index contributed by atoms with van der Waals surface area (Å²) < 4.78 is 10.2. The number of carboxylic acid groups (broad SMARTS) is 1. The lowest BCUT2D eigenvalue weighted by molar-refractivity contribution is 0.0144. The van der Waals surface area contributed by atoms with Crippen LogP contribution in [0.25, 0.3) is 0 Å². The van der Waals surface area contributed by atoms with E-state index in [0.717, 1.165) is 0 Å². The zero-order chi connectivity index (χ0) is 15.3. The lowest BCUT2D eigenvalue weighted by Gasteiger charge is -2.22. The first kappa shape index (κ1) is 16.6. The maximum absolute atomic E-state index is 11.0. The summed E-state index contributed by atoms with van der Waals surface area (Å²) in [5.41, 5.74) is 0.188. The minimum atomic E-state index is -1.25. The Hall–Kier alpha value is -1.44. The number of aliphatic hydroxyl groups excluding tert-OH is 2. The number of rotatable bonds is 7. The van der Waals surface area contributed by atoms with Crippen LogP contribution < -0.4 is 9.47 Å². The molecule has 1 aromatic carbocycles. The Balaban J connectivity index is 3.32. The maximum Gasteiger partial charge on any atom is 0.335 e. The Labute approximate surface area is 122 Å². The highest BCUT2D eigenvalue weighted by molar-refractivity contribution is 7.80. The van der Waals surface area contributed by atoms with Crippen molar-refractivity contribution in [3.8, 4) is 11.5 Å². The summed E-state index contributed by atoms with van der Waals surface area (Å²) in [6.07, 6.45) is -2.03. The van der Waals surface area contributed by atoms with Gasteiger partial charge in [-0.3, -0.25) is 0 Å². The Bertz CT molecular complexity index is 451. The van der Waals surface area contributed by atoms with Crippen molar-refractivity contribution in [2.45, 2.75) is 18.6 Å². The van der Waals surface area contributed by atoms with Gasteiger partial charge in [-0.05, 0) is 24.3 Å². The molecular weight excluding hydrogens is 284 g/mol. The van der Waals surface area contributed by atoms with E-state index in [9.17, 15) is 15.0 Å². The van der Waals surface area contributed by atoms with Gasteiger partial charge in [0.15, 0.2) is 0 Å². The number of thiol groups is 1. The fraction of sp³-hybridized carbons (Fsp3) is 0.462. The van der Waals surface area contributed by atoms with Gasteiger partial charge < -0.3 is 24.8 Å². The standard InChI is InChI=1S/C13H18O6S/c1-18-9-5-7(13(16)17)6-10(19-2)11(9)12(15)8(14)3-4-20/h5-6,8,12,14-15,20H,3-4H2,1-2H3,(H,16,17). The molecule has 6 nitrogen and oxygen atoms in total. The van der Waals surface area contributed by atoms with E-state index in [0.29, 0.717) is 5.75 Å². The number of carbonyl (C=O) groups is 1. The smallest absolute Gasteiger partial charge is 0.335 e. The van der Waals surface area contributed by atoms with Gasteiger partial charge in [-0.2, -0.15) is 12.6 Å². The third-order valence-electron chi connectivity index (χ3n) is 2.88. The van der Waals surface area contributed by atoms with Gasteiger partial charge in [0.1, 0.15) is 17.6 Å². The fourth-order valence-corrected chi connectivity index (χ4v) is 2.10. The maximum atomic E-state index is 11.0. The summed E-state index contributed by atoms with van der Waals surface area (Å²) in [5.74, 6) is -0.450. The summed E-state index contributed by atoms with van der Waals surface area (Å²) in [5, 5.41) is 29.1. The second kappa shape index (κ2) is 7.37. The summed E-state index contributed by atoms with van der Waals surface area (Å²) in [7, 11) is 2.70. The fourth-order valence-electron chi connectivity index (χ4n) is 1.84. The van der Waals surface area contributed by atoms with E-state index >= 15 is 0 Å². The second-order valence-corrected chi connectivity index (χ2v) is 4.57. The molecule has 0 aliphatic heterocycles. The Morgan fingerprint density at radius 1 is 1.25 bits per heavy atom. The Morgan fingerprint density at radius 2 is 1.75 bits per heavy atom. The van der Waals surface area contributed by atoms with Gasteiger partial charge in [-0.15, -0.1) is 0 Å². The molecule has 0 spiro atoms. The summed E-state index contributed by atoms with van der Waals surface area (Å²) in [4.78, 5) is 11.0. The summed E-state index contributed by atoms with van der Waals surface area (Å²) >= 11 is 4.00. The van der Waals surface area contributed by atoms with E-state index in [1.807, 2.05) is 0 Å². The largest absolute Gasteiger partial charge is 0.496 e. The van der Waals surface area contributed by atoms with Crippen molar-refractivity contribution in [3.63, 3.8) is 0 Å². The van der Waals surface area contributed by atoms with Crippen LogP contribution >= 0.6 is 12.6 Å². The molecule has 3 N–H and O–H groups in total. The van der Waals surface area contributed by atoms with Crippen LogP contribution in [0.1, 0.15) is 28.4 Å². The number of aromatic carboxylic acids is 1. The average Bonchev–Trinajstić information content (AvgIpc) is 2.44. The molecule has 7 heteroatoms. The first-order chi connectivity index (χ1) is 9.46. The van der Waals surface area contributed by atoms with Crippen molar-refractivity contribution in [3.05, 3.63) is 23.3 Å². The van der Waals surface area contributed by atoms with Crippen LogP contribution in [-0.2, 0) is 0 Å². The number of methoxy groups -OCH3 is 2. The Morgan fingerprint density at radius 3 is 2.10 bits per heavy atom. The minimum absolute atomic E-state index is 0.0293. The van der Waals surface area contributed by atoms with E-state index in [-0.39, 0.29) is 29.0 Å². The molecule has 0 bridgehead atoms. The van der Waals surface area contributed by atoms with Crippen molar-refractivity contribution in [2.75, 3.05) is 20.0 Å². The van der Waals surface area contributed by atoms with Crippen LogP contribution in [0, 0.1) is 0 Å². The molecule has 0 heterocycles. The number of benzene rings is 1. The molecule has 2 unspecified atom stereocenters. The van der Waals surface area contributed by atoms with Gasteiger partial charge in [0.25, 0.3) is 0 Å². The van der Waals surface area contributed by atoms with Gasteiger partial charge in [-0.1, -0.05) is 0 Å². The van der Waals surface area contributed by atoms with E-state index in [2.05, 4.69) is 12.6 Å². The van der Waals surface area contributed by atoms with Crippen LogP contribution in [-0.4, -0.2) is 47.4 Å². The van der Waals surface area contributed by atoms with Crippen LogP contribution in [0.3, 0.4) is 0 Å². The first-order valence-corrected chi connectivity index (χ1v) is 6.55. The van der Waals surface area contributed by atoms with E-state index in [1.165, 1.54) is 26.4 Å². The molecule has 0 saturated heterocycles. The zero-order valence-electron chi connectivity index (χ0n) is 11.2. The molecule has 0 aliphatic carbocycles. The van der Waals surface area contributed by atoms with Crippen LogP contribution in [0.4, 0.5) is 0 Å². The van der Waals surface area contributed by atoms with Gasteiger partial charge in [0.05, 0.1) is 31.5 Å². The lowest BCUT2D eigenvalue weighted by Crippen LogP contribution is -2.20. The van der Waals surface area contributed by atoms with E-state index in [1.54, 1.807) is 0 Å². The molecule has 2 atom stereocenters. The molecule has 1 rings (SSSR count). The van der Waals surface area contributed by atoms with Gasteiger partial charge in [0, 0.05) is 0 Å². The van der Waals surface area contributed by atoms with Crippen molar-refractivity contribution >= 4 is 18.6 Å². The molecule has 0 aliphatic rings. The zero-order valence-corrected chi connectivity index (χ0v) is 12.1. The molecule has 0 saturated carbocycles. The highest BCUT2D eigenvalue weighted by Gasteiger charge is 2.26. The SMILES string of the molecule is COc1cc(C(=O)O)cc(OC)c1C(O)C(O)CCS. The molecule has 0 radical (unpaired) electrons. The van der Waals surface area contributed by atoms with E-state index in [4.69, 9.17) is 14.6 Å². The van der Waals surface area contributed by atoms with Gasteiger partial charge in [-0.25, -0.2) is 4.79 Å². The topological polar surface area (TPSA) is 96.2 Å². The monoisotopic (exact) mass is 302 g/mol. The number of hydrogen-bond donors (Lipinski definition) is 4. The van der Waals surface area contributed by atoms with Crippen molar-refractivity contribution in [2.24, 2.45) is 0 Å². The Kier molecular flexibility index (Phi) is 6.12. The highest BCUT2D eigenvalue weighted by atomic mass is 32.1. The van der Waals surface area contributed by atoms with Crippen molar-refractivity contribution in [1.29, 1.82) is 0 Å². The number of hydrogen-bond acceptors (Lipinski definition) is 6. The summed E-state index contributed by atoms with van der Waals surface area (Å²) in [6, 6.07) is 2.55. The number of carboxylic acids is 1. The second-order valence-electron chi connectivity index (χ2n) is 4.12. The predicted octanol–water partition coefficient (Wildman–Crippen LogP) is 1.12. The third kappa shape index (κ3) is 3.56. The van der Waals surface area contributed by atoms with Crippen molar-refractivity contribution in [1.82, 2.24) is 0 Å². The van der Waals surface area contributed by atoms with Crippen LogP contribution in [0.5, 0.6) is 11.5 Å². The van der Waals surface area contributed by atoms with Crippen LogP contribution in [0.2, 0.25) is 0 Å². The van der Waals surface area contributed by atoms with Gasteiger partial charge in [0.2, 0.25) is 0 Å². The van der Waals surface area contributed by atoms with Gasteiger partial charge >= 0.3 is 5.97 Å². The lowest BCUT2D eigenvalue weighted by atomic mass is 9.98. The molecular formula is C13H18O6S. The van der Waals surface area contributed by atoms with E-state index < -0.39 is 18.2 Å². The molecule has 1 aromatic rings. The van der Waals surface area contributed by atoms with Crippen LogP contribution in [0.15, 0.2) is 12.1 Å². The third-order valence-corrected chi connectivity index (χ3v) is 3.13. The quantitative estimate of drug-likeness (QED) is 0.564. The first-order valence-electron chi connectivity index (χ1n) is 5.92. The molecule has 20 heavy (non-hydrogen) atoms. The summed E-state index contributed by atoms with van der Waals surface area (Å²) in [6.45, 7) is 0. The number of aliphatic hydroxyl groups is 2. The predicted molar refractivity (Wildman–Crippen MR) is 75.9 cm³/mol. The molecule has 112 valence electrons. The molecule has 0 amide bonds. The molecule has 0 aromatic heterocycles. The normalized spacial score (nSPS) is 13.7. The van der Waals surface area contributed by atoms with Crippen molar-refractivity contribution < 1.29 is 29.6 Å². The highest BCUT2D eigenvalue weighted by Crippen LogP contribution is 2.37. The number of ether oxygens (including phenoxy) is 2. The molecule has 0 fully saturated rings. The minimum Gasteiger partial charge on any atom is -0.496 e.